The molecule has 1 aromatic carbocycles. The zero-order chi connectivity index (χ0) is 9.84. The van der Waals surface area contributed by atoms with Crippen LogP contribution in [0, 0.1) is 24.0 Å². The fraction of sp³-hybridized carbons (Fsp3) is 0.111. The minimum absolute atomic E-state index is 0.113. The van der Waals surface area contributed by atoms with E-state index in [0.717, 1.165) is 0 Å². The van der Waals surface area contributed by atoms with Crippen molar-refractivity contribution in [1.29, 1.82) is 0 Å². The highest BCUT2D eigenvalue weighted by Gasteiger charge is 2.12. The highest BCUT2D eigenvalue weighted by atomic mass is 35.5. The van der Waals surface area contributed by atoms with Crippen LogP contribution >= 0.6 is 11.6 Å². The number of ether oxygens (including phenoxy) is 1. The first kappa shape index (κ1) is 9.82. The molecule has 1 nitrogen and oxygen atoms in total. The fourth-order valence-electron chi connectivity index (χ4n) is 0.739. The zero-order valence-electron chi connectivity index (χ0n) is 6.48. The van der Waals surface area contributed by atoms with Gasteiger partial charge in [-0.25, -0.2) is 4.39 Å². The number of benzene rings is 1. The van der Waals surface area contributed by atoms with Crippen molar-refractivity contribution in [3.63, 3.8) is 0 Å². The number of terminal acetylenes is 1. The second-order valence-corrected chi connectivity index (χ2v) is 2.57. The van der Waals surface area contributed by atoms with Gasteiger partial charge in [0, 0.05) is 0 Å². The van der Waals surface area contributed by atoms with E-state index in [2.05, 4.69) is 5.92 Å². The van der Waals surface area contributed by atoms with Crippen LogP contribution < -0.4 is 4.74 Å². The number of hydrogen-bond acceptors (Lipinski definition) is 1. The third-order valence-electron chi connectivity index (χ3n) is 1.31. The maximum absolute atomic E-state index is 12.9. The molecule has 0 saturated carbocycles. The highest BCUT2D eigenvalue weighted by Crippen LogP contribution is 2.25. The smallest absolute Gasteiger partial charge is 0.202 e. The molecule has 68 valence electrons. The summed E-state index contributed by atoms with van der Waals surface area (Å²) in [7, 11) is 0. The molecule has 0 fully saturated rings. The molecular formula is C9H5ClF2O. The molecular weight excluding hydrogens is 198 g/mol. The fourth-order valence-corrected chi connectivity index (χ4v) is 0.885. The van der Waals surface area contributed by atoms with Gasteiger partial charge in [0.1, 0.15) is 6.61 Å². The SMILES string of the molecule is C#CCOc1ccc(Cl)c(F)c1F. The Morgan fingerprint density at radius 2 is 2.08 bits per heavy atom. The van der Waals surface area contributed by atoms with E-state index < -0.39 is 11.6 Å². The molecule has 0 N–H and O–H groups in total. The molecule has 0 amide bonds. The van der Waals surface area contributed by atoms with Crippen LogP contribution in [0.3, 0.4) is 0 Å². The first-order valence-electron chi connectivity index (χ1n) is 3.36. The van der Waals surface area contributed by atoms with Gasteiger partial charge in [-0.05, 0) is 12.1 Å². The van der Waals surface area contributed by atoms with Gasteiger partial charge in [0.05, 0.1) is 5.02 Å². The maximum Gasteiger partial charge on any atom is 0.202 e. The van der Waals surface area contributed by atoms with Gasteiger partial charge in [-0.3, -0.25) is 0 Å². The predicted octanol–water partition coefficient (Wildman–Crippen LogP) is 2.63. The van der Waals surface area contributed by atoms with Crippen molar-refractivity contribution in [2.75, 3.05) is 6.61 Å². The molecule has 0 aliphatic heterocycles. The zero-order valence-corrected chi connectivity index (χ0v) is 7.24. The molecule has 0 heterocycles. The third kappa shape index (κ3) is 2.10. The topological polar surface area (TPSA) is 9.23 Å². The summed E-state index contributed by atoms with van der Waals surface area (Å²) in [6, 6.07) is 2.42. The quantitative estimate of drug-likeness (QED) is 0.529. The summed E-state index contributed by atoms with van der Waals surface area (Å²) >= 11 is 5.31. The van der Waals surface area contributed by atoms with E-state index in [0.29, 0.717) is 0 Å². The minimum atomic E-state index is -1.13. The van der Waals surface area contributed by atoms with Gasteiger partial charge in [-0.2, -0.15) is 4.39 Å². The summed E-state index contributed by atoms with van der Waals surface area (Å²) in [4.78, 5) is 0. The second kappa shape index (κ2) is 4.11. The molecule has 0 aliphatic rings. The van der Waals surface area contributed by atoms with E-state index in [9.17, 15) is 8.78 Å². The second-order valence-electron chi connectivity index (χ2n) is 2.17. The molecule has 0 bridgehead atoms. The van der Waals surface area contributed by atoms with Crippen LogP contribution in [0.1, 0.15) is 0 Å². The van der Waals surface area contributed by atoms with Crippen LogP contribution in [0.5, 0.6) is 5.75 Å². The average molecular weight is 203 g/mol. The third-order valence-corrected chi connectivity index (χ3v) is 1.60. The van der Waals surface area contributed by atoms with E-state index in [1.807, 2.05) is 0 Å². The number of rotatable bonds is 2. The lowest BCUT2D eigenvalue weighted by atomic mass is 10.3. The van der Waals surface area contributed by atoms with E-state index in [-0.39, 0.29) is 17.4 Å². The standard InChI is InChI=1S/C9H5ClF2O/c1-2-5-13-7-4-3-6(10)8(11)9(7)12/h1,3-4H,5H2. The van der Waals surface area contributed by atoms with Gasteiger partial charge in [0.2, 0.25) is 5.82 Å². The van der Waals surface area contributed by atoms with Crippen LogP contribution in [0.4, 0.5) is 8.78 Å². The normalized spacial score (nSPS) is 9.38. The van der Waals surface area contributed by atoms with Gasteiger partial charge in [0.25, 0.3) is 0 Å². The first-order valence-corrected chi connectivity index (χ1v) is 3.74. The van der Waals surface area contributed by atoms with Crippen molar-refractivity contribution in [3.8, 4) is 18.1 Å². The Bertz CT molecular complexity index is 357. The Balaban J connectivity index is 2.98. The Morgan fingerprint density at radius 1 is 1.38 bits per heavy atom. The molecule has 4 heteroatoms. The van der Waals surface area contributed by atoms with Crippen LogP contribution in [0.15, 0.2) is 12.1 Å². The summed E-state index contributed by atoms with van der Waals surface area (Å²) in [5, 5.41) is -0.287. The number of halogens is 3. The van der Waals surface area contributed by atoms with E-state index in [1.54, 1.807) is 0 Å². The molecule has 0 atom stereocenters. The van der Waals surface area contributed by atoms with E-state index in [1.165, 1.54) is 12.1 Å². The highest BCUT2D eigenvalue weighted by molar-refractivity contribution is 6.30. The summed E-state index contributed by atoms with van der Waals surface area (Å²) in [5.41, 5.74) is 0. The first-order chi connectivity index (χ1) is 6.16. The Kier molecular flexibility index (Phi) is 3.10. The lowest BCUT2D eigenvalue weighted by molar-refractivity contribution is 0.338. The summed E-state index contributed by atoms with van der Waals surface area (Å²) < 4.78 is 30.4. The predicted molar refractivity (Wildman–Crippen MR) is 45.7 cm³/mol. The lowest BCUT2D eigenvalue weighted by Crippen LogP contribution is -1.98. The lowest BCUT2D eigenvalue weighted by Gasteiger charge is -2.04. The van der Waals surface area contributed by atoms with Gasteiger partial charge in [-0.15, -0.1) is 6.42 Å². The van der Waals surface area contributed by atoms with Crippen molar-refractivity contribution in [2.45, 2.75) is 0 Å². The molecule has 0 aromatic heterocycles. The average Bonchev–Trinajstić information content (AvgIpc) is 2.13. The van der Waals surface area contributed by atoms with Crippen molar-refractivity contribution < 1.29 is 13.5 Å². The Labute approximate surface area is 79.3 Å². The van der Waals surface area contributed by atoms with Crippen molar-refractivity contribution in [3.05, 3.63) is 28.8 Å². The molecule has 1 rings (SSSR count). The molecule has 13 heavy (non-hydrogen) atoms. The summed E-state index contributed by atoms with van der Waals surface area (Å²) in [6.45, 7) is -0.113. The molecule has 0 saturated heterocycles. The van der Waals surface area contributed by atoms with Gasteiger partial charge < -0.3 is 4.74 Å². The Morgan fingerprint density at radius 3 is 2.69 bits per heavy atom. The maximum atomic E-state index is 12.9. The molecule has 0 aliphatic carbocycles. The number of hydrogen-bond donors (Lipinski definition) is 0. The summed E-state index contributed by atoms with van der Waals surface area (Å²) in [5.74, 6) is -0.354. The van der Waals surface area contributed by atoms with Crippen molar-refractivity contribution in [1.82, 2.24) is 0 Å². The monoisotopic (exact) mass is 202 g/mol. The Hall–Kier alpha value is -1.27. The molecule has 0 spiro atoms. The minimum Gasteiger partial charge on any atom is -0.478 e. The van der Waals surface area contributed by atoms with Crippen LogP contribution in [-0.2, 0) is 0 Å². The largest absolute Gasteiger partial charge is 0.478 e. The summed E-state index contributed by atoms with van der Waals surface area (Å²) in [6.07, 6.45) is 4.88. The van der Waals surface area contributed by atoms with Gasteiger partial charge in [-0.1, -0.05) is 17.5 Å². The van der Waals surface area contributed by atoms with E-state index >= 15 is 0 Å². The van der Waals surface area contributed by atoms with Crippen molar-refractivity contribution >= 4 is 11.6 Å². The van der Waals surface area contributed by atoms with Gasteiger partial charge >= 0.3 is 0 Å². The van der Waals surface area contributed by atoms with Crippen LogP contribution in [0.2, 0.25) is 5.02 Å². The molecule has 0 unspecified atom stereocenters. The van der Waals surface area contributed by atoms with Crippen molar-refractivity contribution in [2.24, 2.45) is 0 Å². The molecule has 1 aromatic rings. The van der Waals surface area contributed by atoms with Gasteiger partial charge in [0.15, 0.2) is 11.6 Å². The molecule has 0 radical (unpaired) electrons. The van der Waals surface area contributed by atoms with Crippen LogP contribution in [0.25, 0.3) is 0 Å². The van der Waals surface area contributed by atoms with E-state index in [4.69, 9.17) is 22.8 Å². The van der Waals surface area contributed by atoms with Crippen LogP contribution in [-0.4, -0.2) is 6.61 Å².